The van der Waals surface area contributed by atoms with Crippen molar-refractivity contribution in [3.05, 3.63) is 4.24 Å². The number of hydrogen-bond donors (Lipinski definition) is 1. The van der Waals surface area contributed by atoms with E-state index >= 15 is 0 Å². The van der Waals surface area contributed by atoms with Gasteiger partial charge in [-0.2, -0.15) is 0 Å². The Morgan fingerprint density at radius 1 is 2.00 bits per heavy atom. The molecule has 34 valence electrons. The molecule has 0 amide bonds. The van der Waals surface area contributed by atoms with Crippen molar-refractivity contribution >= 4 is 30.3 Å². The van der Waals surface area contributed by atoms with E-state index in [0.29, 0.717) is 4.24 Å². The van der Waals surface area contributed by atoms with Crippen LogP contribution in [-0.2, 0) is 4.79 Å². The molecule has 0 saturated heterocycles. The SMILES string of the molecule is CSC(S)=C=O. The molecule has 1 nitrogen and oxygen atoms in total. The maximum absolute atomic E-state index is 9.48. The second-order valence-corrected chi connectivity index (χ2v) is 2.18. The minimum absolute atomic E-state index is 0.398. The highest BCUT2D eigenvalue weighted by Crippen LogP contribution is 2.09. The molecule has 0 fully saturated rings. The summed E-state index contributed by atoms with van der Waals surface area (Å²) in [6.07, 6.45) is 1.77. The summed E-state index contributed by atoms with van der Waals surface area (Å²) in [4.78, 5) is 9.48. The minimum atomic E-state index is 0.398. The molecule has 0 aromatic carbocycles. The molecule has 0 atom stereocenters. The highest BCUT2D eigenvalue weighted by Gasteiger charge is 1.77. The minimum Gasteiger partial charge on any atom is -0.232 e. The molecule has 0 radical (unpaired) electrons. The summed E-state index contributed by atoms with van der Waals surface area (Å²) in [7, 11) is 0. The molecule has 0 unspecified atom stereocenters. The lowest BCUT2D eigenvalue weighted by Gasteiger charge is -1.75. The molecule has 0 aromatic rings. The Kier molecular flexibility index (Phi) is 3.43. The first-order chi connectivity index (χ1) is 2.81. The summed E-state index contributed by atoms with van der Waals surface area (Å²) in [6.45, 7) is 0. The Bertz CT molecular complexity index is 82.8. The van der Waals surface area contributed by atoms with Gasteiger partial charge >= 0.3 is 0 Å². The summed E-state index contributed by atoms with van der Waals surface area (Å²) in [5, 5.41) is 0. The van der Waals surface area contributed by atoms with Crippen LogP contribution in [0.2, 0.25) is 0 Å². The lowest BCUT2D eigenvalue weighted by Crippen LogP contribution is -1.54. The molecule has 6 heavy (non-hydrogen) atoms. The molecule has 0 heterocycles. The third-order valence-corrected chi connectivity index (χ3v) is 1.39. The number of thioether (sulfide) groups is 1. The topological polar surface area (TPSA) is 17.1 Å². The Hall–Kier alpha value is 0.150. The van der Waals surface area contributed by atoms with Crippen LogP contribution in [0.4, 0.5) is 0 Å². The van der Waals surface area contributed by atoms with E-state index in [1.165, 1.54) is 11.8 Å². The molecule has 0 bridgehead atoms. The first-order valence-electron chi connectivity index (χ1n) is 1.29. The maximum Gasteiger partial charge on any atom is 0.146 e. The number of hydrogen-bond acceptors (Lipinski definition) is 3. The fraction of sp³-hybridized carbons (Fsp3) is 0.333. The summed E-state index contributed by atoms with van der Waals surface area (Å²) >= 11 is 4.97. The molecular formula is C3H4OS2. The summed E-state index contributed by atoms with van der Waals surface area (Å²) in [5.74, 6) is 1.61. The fourth-order valence-corrected chi connectivity index (χ4v) is 0.125. The van der Waals surface area contributed by atoms with E-state index in [0.717, 1.165) is 0 Å². The number of rotatable bonds is 1. The van der Waals surface area contributed by atoms with Gasteiger partial charge in [-0.15, -0.1) is 24.4 Å². The first kappa shape index (κ1) is 6.15. The van der Waals surface area contributed by atoms with Gasteiger partial charge in [-0.05, 0) is 6.26 Å². The lowest BCUT2D eigenvalue weighted by atomic mass is 11.2. The monoisotopic (exact) mass is 120 g/mol. The van der Waals surface area contributed by atoms with Gasteiger partial charge in [0.05, 0.1) is 0 Å². The molecule has 3 heteroatoms. The Morgan fingerprint density at radius 2 is 2.50 bits per heavy atom. The van der Waals surface area contributed by atoms with Crippen molar-refractivity contribution in [2.75, 3.05) is 6.26 Å². The predicted molar refractivity (Wildman–Crippen MR) is 31.7 cm³/mol. The van der Waals surface area contributed by atoms with Crippen molar-refractivity contribution < 1.29 is 4.79 Å². The van der Waals surface area contributed by atoms with Crippen LogP contribution >= 0.6 is 24.4 Å². The molecule has 0 aliphatic rings. The molecule has 0 aromatic heterocycles. The molecule has 0 saturated carbocycles. The first-order valence-corrected chi connectivity index (χ1v) is 2.96. The number of carbonyl (C=O) groups excluding carboxylic acids is 1. The van der Waals surface area contributed by atoms with Crippen LogP contribution in [-0.4, -0.2) is 12.2 Å². The number of thiol groups is 1. The Morgan fingerprint density at radius 3 is 2.50 bits per heavy atom. The summed E-state index contributed by atoms with van der Waals surface area (Å²) in [6, 6.07) is 0. The van der Waals surface area contributed by atoms with Crippen LogP contribution in [0.5, 0.6) is 0 Å². The van der Waals surface area contributed by atoms with Crippen LogP contribution in [0.3, 0.4) is 0 Å². The maximum atomic E-state index is 9.48. The average molecular weight is 120 g/mol. The average Bonchev–Trinajstić information content (AvgIpc) is 1.65. The van der Waals surface area contributed by atoms with Gasteiger partial charge in [-0.3, -0.25) is 0 Å². The third kappa shape index (κ3) is 2.39. The molecule has 0 spiro atoms. The second kappa shape index (κ2) is 3.34. The van der Waals surface area contributed by atoms with E-state index in [2.05, 4.69) is 12.6 Å². The van der Waals surface area contributed by atoms with E-state index in [1.807, 2.05) is 0 Å². The lowest BCUT2D eigenvalue weighted by molar-refractivity contribution is 0.569. The summed E-state index contributed by atoms with van der Waals surface area (Å²) < 4.78 is 0.398. The fourth-order valence-electron chi connectivity index (χ4n) is 0.0417. The van der Waals surface area contributed by atoms with Crippen LogP contribution in [0.25, 0.3) is 0 Å². The van der Waals surface area contributed by atoms with Crippen molar-refractivity contribution in [1.82, 2.24) is 0 Å². The highest BCUT2D eigenvalue weighted by molar-refractivity contribution is 8.15. The normalized spacial score (nSPS) is 7.00. The van der Waals surface area contributed by atoms with E-state index in [4.69, 9.17) is 0 Å². The molecular weight excluding hydrogens is 116 g/mol. The van der Waals surface area contributed by atoms with E-state index in [-0.39, 0.29) is 0 Å². The Balaban J connectivity index is 3.52. The van der Waals surface area contributed by atoms with Crippen LogP contribution in [0.15, 0.2) is 4.24 Å². The van der Waals surface area contributed by atoms with E-state index < -0.39 is 0 Å². The van der Waals surface area contributed by atoms with Crippen LogP contribution in [0, 0.1) is 0 Å². The largest absolute Gasteiger partial charge is 0.232 e. The van der Waals surface area contributed by atoms with Gasteiger partial charge in [0.15, 0.2) is 0 Å². The van der Waals surface area contributed by atoms with Crippen LogP contribution in [0.1, 0.15) is 0 Å². The van der Waals surface area contributed by atoms with Gasteiger partial charge < -0.3 is 0 Å². The van der Waals surface area contributed by atoms with Gasteiger partial charge in [0.1, 0.15) is 10.2 Å². The van der Waals surface area contributed by atoms with Gasteiger partial charge in [-0.1, -0.05) is 0 Å². The third-order valence-electron chi connectivity index (χ3n) is 0.281. The van der Waals surface area contributed by atoms with Crippen molar-refractivity contribution in [2.45, 2.75) is 0 Å². The van der Waals surface area contributed by atoms with Gasteiger partial charge in [0.2, 0.25) is 0 Å². The van der Waals surface area contributed by atoms with E-state index in [9.17, 15) is 4.79 Å². The standard InChI is InChI=1S/C3H4OS2/c1-6-3(5)2-4/h5H,1H3. The van der Waals surface area contributed by atoms with Gasteiger partial charge in [-0.25, -0.2) is 4.79 Å². The van der Waals surface area contributed by atoms with Gasteiger partial charge in [0, 0.05) is 0 Å². The van der Waals surface area contributed by atoms with Gasteiger partial charge in [0.25, 0.3) is 0 Å². The quantitative estimate of drug-likeness (QED) is 0.410. The molecule has 0 N–H and O–H groups in total. The molecule has 0 rings (SSSR count). The van der Waals surface area contributed by atoms with E-state index in [1.54, 1.807) is 12.2 Å². The Labute approximate surface area is 46.2 Å². The summed E-state index contributed by atoms with van der Waals surface area (Å²) in [5.41, 5.74) is 0. The zero-order valence-corrected chi connectivity index (χ0v) is 4.97. The predicted octanol–water partition coefficient (Wildman–Crippen LogP) is 0.952. The molecule has 0 aliphatic carbocycles. The van der Waals surface area contributed by atoms with Crippen LogP contribution < -0.4 is 0 Å². The van der Waals surface area contributed by atoms with Crippen molar-refractivity contribution in [1.29, 1.82) is 0 Å². The smallest absolute Gasteiger partial charge is 0.146 e. The highest BCUT2D eigenvalue weighted by atomic mass is 32.2. The zero-order chi connectivity index (χ0) is 4.99. The van der Waals surface area contributed by atoms with Crippen molar-refractivity contribution in [2.24, 2.45) is 0 Å². The zero-order valence-electron chi connectivity index (χ0n) is 3.26. The van der Waals surface area contributed by atoms with Crippen molar-refractivity contribution in [3.8, 4) is 0 Å². The molecule has 0 aliphatic heterocycles. The second-order valence-electron chi connectivity index (χ2n) is 0.611. The van der Waals surface area contributed by atoms with Crippen molar-refractivity contribution in [3.63, 3.8) is 0 Å².